The molecule has 0 bridgehead atoms. The van der Waals surface area contributed by atoms with Crippen LogP contribution in [0.25, 0.3) is 11.0 Å². The van der Waals surface area contributed by atoms with Gasteiger partial charge in [0.1, 0.15) is 28.8 Å². The van der Waals surface area contributed by atoms with Gasteiger partial charge in [0.25, 0.3) is 0 Å². The lowest BCUT2D eigenvalue weighted by Crippen LogP contribution is -2.38. The van der Waals surface area contributed by atoms with E-state index in [0.717, 1.165) is 22.2 Å². The van der Waals surface area contributed by atoms with Gasteiger partial charge in [0.05, 0.1) is 11.4 Å². The lowest BCUT2D eigenvalue weighted by atomic mass is 9.91. The minimum atomic E-state index is -0.651. The Hall–Kier alpha value is -1.69. The van der Waals surface area contributed by atoms with Crippen LogP contribution in [0.1, 0.15) is 33.7 Å². The van der Waals surface area contributed by atoms with Crippen molar-refractivity contribution in [1.29, 1.82) is 0 Å². The Morgan fingerprint density at radius 1 is 1.33 bits per heavy atom. The van der Waals surface area contributed by atoms with Crippen molar-refractivity contribution in [3.63, 3.8) is 0 Å². The molecule has 4 rings (SSSR count). The fourth-order valence-electron chi connectivity index (χ4n) is 4.01. The van der Waals surface area contributed by atoms with Crippen LogP contribution in [0.15, 0.2) is 42.4 Å². The first-order valence-electron chi connectivity index (χ1n) is 7.96. The summed E-state index contributed by atoms with van der Waals surface area (Å²) in [4.78, 5) is 8.46. The number of nitrogens with zero attached hydrogens (tertiary/aromatic N) is 3. The lowest BCUT2D eigenvalue weighted by Gasteiger charge is -2.28. The third-order valence-electron chi connectivity index (χ3n) is 4.84. The van der Waals surface area contributed by atoms with Gasteiger partial charge < -0.3 is 14.0 Å². The maximum Gasteiger partial charge on any atom is 0.164 e. The molecule has 1 aliphatic heterocycles. The van der Waals surface area contributed by atoms with Crippen LogP contribution in [0, 0.1) is 0 Å². The summed E-state index contributed by atoms with van der Waals surface area (Å²) in [6.07, 6.45) is 5.46. The third-order valence-corrected chi connectivity index (χ3v) is 5.14. The van der Waals surface area contributed by atoms with Crippen molar-refractivity contribution in [2.24, 2.45) is 0 Å². The second-order valence-electron chi connectivity index (χ2n) is 7.12. The van der Waals surface area contributed by atoms with Crippen LogP contribution < -0.4 is 0 Å². The molecular weight excluding hydrogens is 326 g/mol. The first kappa shape index (κ1) is 15.8. The van der Waals surface area contributed by atoms with Crippen LogP contribution in [0.5, 0.6) is 0 Å². The summed E-state index contributed by atoms with van der Waals surface area (Å²) in [5.74, 6) is -0.651. The number of fused-ring (bicyclic) bond motifs is 2. The number of rotatable bonds is 2. The molecule has 0 radical (unpaired) electrons. The molecule has 5 nitrogen and oxygen atoms in total. The topological polar surface area (TPSA) is 49.2 Å². The molecule has 0 spiro atoms. The Labute approximate surface area is 145 Å². The minimum absolute atomic E-state index is 0.0491. The monoisotopic (exact) mass is 345 g/mol. The average Bonchev–Trinajstić information content (AvgIpc) is 3.07. The second-order valence-corrected chi connectivity index (χ2v) is 7.48. The zero-order valence-electron chi connectivity index (χ0n) is 14.2. The fraction of sp³-hybridized carbons (Fsp3) is 0.444. The Kier molecular flexibility index (Phi) is 3.24. The largest absolute Gasteiger partial charge is 0.341 e. The maximum absolute atomic E-state index is 6.27. The van der Waals surface area contributed by atoms with Crippen LogP contribution in [0.4, 0.5) is 0 Å². The summed E-state index contributed by atoms with van der Waals surface area (Å²) < 4.78 is 14.6. The SMILES string of the molecule is C=C(C)C1=C[C@@H](n2ccc3c(Cl)ncnc32)[C@@H]2OC(C)(C)O[C@]12C. The molecule has 0 amide bonds. The van der Waals surface area contributed by atoms with Crippen molar-refractivity contribution in [3.8, 4) is 0 Å². The van der Waals surface area contributed by atoms with E-state index >= 15 is 0 Å². The molecule has 0 aromatic carbocycles. The second kappa shape index (κ2) is 4.91. The Morgan fingerprint density at radius 2 is 2.08 bits per heavy atom. The van der Waals surface area contributed by atoms with Crippen molar-refractivity contribution in [2.45, 2.75) is 51.2 Å². The van der Waals surface area contributed by atoms with E-state index in [9.17, 15) is 0 Å². The van der Waals surface area contributed by atoms with E-state index in [1.165, 1.54) is 6.33 Å². The smallest absolute Gasteiger partial charge is 0.164 e. The van der Waals surface area contributed by atoms with E-state index in [-0.39, 0.29) is 12.1 Å². The van der Waals surface area contributed by atoms with Gasteiger partial charge in [-0.25, -0.2) is 9.97 Å². The molecule has 0 N–H and O–H groups in total. The van der Waals surface area contributed by atoms with Crippen molar-refractivity contribution in [3.05, 3.63) is 47.5 Å². The molecule has 126 valence electrons. The van der Waals surface area contributed by atoms with Crippen molar-refractivity contribution >= 4 is 22.6 Å². The van der Waals surface area contributed by atoms with Gasteiger partial charge in [0.15, 0.2) is 5.79 Å². The van der Waals surface area contributed by atoms with Crippen molar-refractivity contribution < 1.29 is 9.47 Å². The van der Waals surface area contributed by atoms with Gasteiger partial charge in [0.2, 0.25) is 0 Å². The summed E-state index contributed by atoms with van der Waals surface area (Å²) in [5, 5.41) is 1.28. The quantitative estimate of drug-likeness (QED) is 0.770. The molecule has 0 unspecified atom stereocenters. The predicted octanol–water partition coefficient (Wildman–Crippen LogP) is 4.05. The Morgan fingerprint density at radius 3 is 2.79 bits per heavy atom. The summed E-state index contributed by atoms with van der Waals surface area (Å²) >= 11 is 6.19. The van der Waals surface area contributed by atoms with E-state index in [0.29, 0.717) is 5.15 Å². The number of hydrogen-bond acceptors (Lipinski definition) is 4. The highest BCUT2D eigenvalue weighted by Gasteiger charge is 2.59. The number of hydrogen-bond donors (Lipinski definition) is 0. The van der Waals surface area contributed by atoms with Gasteiger partial charge in [-0.15, -0.1) is 0 Å². The van der Waals surface area contributed by atoms with Crippen LogP contribution in [-0.2, 0) is 9.47 Å². The van der Waals surface area contributed by atoms with Crippen molar-refractivity contribution in [1.82, 2.24) is 14.5 Å². The number of halogens is 1. The highest BCUT2D eigenvalue weighted by Crippen LogP contribution is 2.52. The zero-order valence-corrected chi connectivity index (χ0v) is 15.0. The summed E-state index contributed by atoms with van der Waals surface area (Å²) in [5.41, 5.74) is 2.31. The highest BCUT2D eigenvalue weighted by molar-refractivity contribution is 6.33. The molecule has 2 aliphatic rings. The maximum atomic E-state index is 6.27. The third kappa shape index (κ3) is 2.08. The molecule has 0 saturated carbocycles. The summed E-state index contributed by atoms with van der Waals surface area (Å²) in [6.45, 7) is 12.1. The van der Waals surface area contributed by atoms with Gasteiger partial charge in [-0.05, 0) is 39.3 Å². The highest BCUT2D eigenvalue weighted by atomic mass is 35.5. The van der Waals surface area contributed by atoms with Crippen LogP contribution in [0.3, 0.4) is 0 Å². The van der Waals surface area contributed by atoms with E-state index < -0.39 is 11.4 Å². The van der Waals surface area contributed by atoms with Crippen LogP contribution >= 0.6 is 11.6 Å². The van der Waals surface area contributed by atoms with Crippen molar-refractivity contribution in [2.75, 3.05) is 0 Å². The minimum Gasteiger partial charge on any atom is -0.341 e. The first-order chi connectivity index (χ1) is 11.2. The molecule has 3 atom stereocenters. The predicted molar refractivity (Wildman–Crippen MR) is 92.9 cm³/mol. The lowest BCUT2D eigenvalue weighted by molar-refractivity contribution is -0.157. The molecule has 1 saturated heterocycles. The Bertz CT molecular complexity index is 886. The van der Waals surface area contributed by atoms with E-state index in [4.69, 9.17) is 21.1 Å². The van der Waals surface area contributed by atoms with Gasteiger partial charge >= 0.3 is 0 Å². The van der Waals surface area contributed by atoms with Gasteiger partial charge in [-0.3, -0.25) is 0 Å². The first-order valence-corrected chi connectivity index (χ1v) is 8.34. The zero-order chi connectivity index (χ0) is 17.3. The number of aromatic nitrogens is 3. The van der Waals surface area contributed by atoms with E-state index in [2.05, 4.69) is 34.1 Å². The molecule has 2 aromatic heterocycles. The number of ether oxygens (including phenoxy) is 2. The molecule has 1 fully saturated rings. The standard InChI is InChI=1S/C18H20ClN3O2/c1-10(2)12-8-13(14-18(12,5)24-17(3,4)23-14)22-7-6-11-15(19)20-9-21-16(11)22/h6-9,13-14H,1H2,2-5H3/t13-,14+,18-/m1/s1. The van der Waals surface area contributed by atoms with E-state index in [1.54, 1.807) is 0 Å². The van der Waals surface area contributed by atoms with Crippen LogP contribution in [-0.4, -0.2) is 32.0 Å². The van der Waals surface area contributed by atoms with Gasteiger partial charge in [0, 0.05) is 6.20 Å². The fourth-order valence-corrected chi connectivity index (χ4v) is 4.20. The van der Waals surface area contributed by atoms with Gasteiger partial charge in [-0.2, -0.15) is 0 Å². The summed E-state index contributed by atoms with van der Waals surface area (Å²) in [6, 6.07) is 1.88. The summed E-state index contributed by atoms with van der Waals surface area (Å²) in [7, 11) is 0. The molecule has 24 heavy (non-hydrogen) atoms. The average molecular weight is 346 g/mol. The van der Waals surface area contributed by atoms with Gasteiger partial charge in [-0.1, -0.05) is 29.8 Å². The van der Waals surface area contributed by atoms with Crippen LogP contribution in [0.2, 0.25) is 5.15 Å². The molecule has 2 aromatic rings. The molecule has 3 heterocycles. The van der Waals surface area contributed by atoms with E-state index in [1.807, 2.05) is 33.0 Å². The normalized spacial score (nSPS) is 31.3. The molecule has 1 aliphatic carbocycles. The molecule has 6 heteroatoms. The molecular formula is C18H20ClN3O2. The Balaban J connectivity index is 1.88.